The van der Waals surface area contributed by atoms with E-state index in [9.17, 15) is 0 Å². The number of hydrogen-bond acceptors (Lipinski definition) is 5. The van der Waals surface area contributed by atoms with E-state index in [2.05, 4.69) is 26.3 Å². The van der Waals surface area contributed by atoms with Gasteiger partial charge >= 0.3 is 0 Å². The van der Waals surface area contributed by atoms with Gasteiger partial charge in [-0.3, -0.25) is 0 Å². The Morgan fingerprint density at radius 1 is 1.05 bits per heavy atom. The van der Waals surface area contributed by atoms with Gasteiger partial charge in [-0.25, -0.2) is 15.0 Å². The quantitative estimate of drug-likeness (QED) is 0.587. The van der Waals surface area contributed by atoms with Gasteiger partial charge in [-0.15, -0.1) is 0 Å². The van der Waals surface area contributed by atoms with Crippen LogP contribution in [0.2, 0.25) is 0 Å². The van der Waals surface area contributed by atoms with Gasteiger partial charge in [0.25, 0.3) is 0 Å². The number of anilines is 1. The van der Waals surface area contributed by atoms with Crippen molar-refractivity contribution in [3.05, 3.63) is 54.5 Å². The van der Waals surface area contributed by atoms with Gasteiger partial charge in [-0.1, -0.05) is 36.0 Å². The molecule has 3 aromatic rings. The Balaban J connectivity index is 1.83. The lowest BCUT2D eigenvalue weighted by Gasteiger charge is -2.05. The Bertz CT molecular complexity index is 724. The molecule has 0 saturated carbocycles. The first-order chi connectivity index (χ1) is 9.86. The third-order valence-electron chi connectivity index (χ3n) is 2.93. The number of fused-ring (bicyclic) bond motifs is 1. The summed E-state index contributed by atoms with van der Waals surface area (Å²) in [5.74, 6) is 1.67. The van der Waals surface area contributed by atoms with E-state index < -0.39 is 0 Å². The van der Waals surface area contributed by atoms with Crippen molar-refractivity contribution in [2.75, 3.05) is 12.4 Å². The maximum Gasteiger partial charge on any atom is 0.125 e. The number of thioether (sulfide) groups is 1. The summed E-state index contributed by atoms with van der Waals surface area (Å²) in [5.41, 5.74) is 2.01. The van der Waals surface area contributed by atoms with Gasteiger partial charge in [0.1, 0.15) is 17.2 Å². The maximum atomic E-state index is 4.51. The lowest BCUT2D eigenvalue weighted by Crippen LogP contribution is -1.95. The zero-order valence-electron chi connectivity index (χ0n) is 11.1. The van der Waals surface area contributed by atoms with E-state index >= 15 is 0 Å². The minimum Gasteiger partial charge on any atom is -0.373 e. The zero-order chi connectivity index (χ0) is 13.8. The fourth-order valence-corrected chi connectivity index (χ4v) is 2.83. The molecule has 3 rings (SSSR count). The molecule has 0 amide bonds. The highest BCUT2D eigenvalue weighted by molar-refractivity contribution is 7.98. The summed E-state index contributed by atoms with van der Waals surface area (Å²) in [6.07, 6.45) is 1.61. The largest absolute Gasteiger partial charge is 0.373 e. The first kappa shape index (κ1) is 12.9. The van der Waals surface area contributed by atoms with E-state index in [1.54, 1.807) is 18.1 Å². The number of pyridine rings is 1. The molecule has 100 valence electrons. The molecular weight excluding hydrogens is 268 g/mol. The molecule has 1 aromatic carbocycles. The molecule has 0 aliphatic heterocycles. The maximum absolute atomic E-state index is 4.51. The molecule has 0 atom stereocenters. The number of rotatable bonds is 4. The lowest BCUT2D eigenvalue weighted by atomic mass is 10.2. The van der Waals surface area contributed by atoms with Gasteiger partial charge in [-0.05, 0) is 18.2 Å². The first-order valence-corrected chi connectivity index (χ1v) is 7.31. The predicted octanol–water partition coefficient (Wildman–Crippen LogP) is 3.36. The van der Waals surface area contributed by atoms with Crippen LogP contribution in [-0.2, 0) is 5.75 Å². The Hall–Kier alpha value is -2.14. The smallest absolute Gasteiger partial charge is 0.125 e. The van der Waals surface area contributed by atoms with Crippen LogP contribution in [0.1, 0.15) is 5.69 Å². The van der Waals surface area contributed by atoms with E-state index in [0.717, 1.165) is 33.2 Å². The molecule has 2 heterocycles. The Morgan fingerprint density at radius 3 is 2.85 bits per heavy atom. The zero-order valence-corrected chi connectivity index (χ0v) is 11.9. The Morgan fingerprint density at radius 2 is 1.95 bits per heavy atom. The van der Waals surface area contributed by atoms with Crippen LogP contribution in [0.3, 0.4) is 0 Å². The molecule has 4 nitrogen and oxygen atoms in total. The fourth-order valence-electron chi connectivity index (χ4n) is 1.94. The van der Waals surface area contributed by atoms with Crippen LogP contribution in [0.4, 0.5) is 5.82 Å². The number of nitrogens with one attached hydrogen (secondary N) is 1. The Kier molecular flexibility index (Phi) is 3.78. The second-order valence-corrected chi connectivity index (χ2v) is 5.21. The van der Waals surface area contributed by atoms with Gasteiger partial charge in [0.15, 0.2) is 0 Å². The van der Waals surface area contributed by atoms with E-state index in [4.69, 9.17) is 0 Å². The number of nitrogens with zero attached hydrogens (tertiary/aromatic N) is 3. The van der Waals surface area contributed by atoms with Crippen molar-refractivity contribution in [2.24, 2.45) is 0 Å². The summed E-state index contributed by atoms with van der Waals surface area (Å²) in [6, 6.07) is 14.0. The van der Waals surface area contributed by atoms with Crippen molar-refractivity contribution in [2.45, 2.75) is 10.8 Å². The van der Waals surface area contributed by atoms with E-state index in [0.29, 0.717) is 0 Å². The third kappa shape index (κ3) is 2.72. The molecule has 0 bridgehead atoms. The molecule has 1 N–H and O–H groups in total. The predicted molar refractivity (Wildman–Crippen MR) is 82.9 cm³/mol. The lowest BCUT2D eigenvalue weighted by molar-refractivity contribution is 1.09. The summed E-state index contributed by atoms with van der Waals surface area (Å²) in [6.45, 7) is 0. The molecule has 20 heavy (non-hydrogen) atoms. The molecule has 0 aliphatic carbocycles. The van der Waals surface area contributed by atoms with Crippen molar-refractivity contribution in [3.63, 3.8) is 0 Å². The monoisotopic (exact) mass is 282 g/mol. The first-order valence-electron chi connectivity index (χ1n) is 6.33. The summed E-state index contributed by atoms with van der Waals surface area (Å²) < 4.78 is 0. The van der Waals surface area contributed by atoms with E-state index in [1.165, 1.54) is 0 Å². The molecule has 0 fully saturated rings. The van der Waals surface area contributed by atoms with Crippen LogP contribution in [0.15, 0.2) is 53.8 Å². The molecular formula is C15H14N4S. The standard InChI is InChI=1S/C15H14N4S/c1-16-14-8-4-5-11(19-14)9-20-15-12-6-2-3-7-13(12)17-10-18-15/h2-8,10H,9H2,1H3,(H,16,19). The molecule has 0 aliphatic rings. The molecule has 0 saturated heterocycles. The minimum atomic E-state index is 0.788. The number of aromatic nitrogens is 3. The summed E-state index contributed by atoms with van der Waals surface area (Å²) in [5, 5.41) is 5.13. The minimum absolute atomic E-state index is 0.788. The van der Waals surface area contributed by atoms with Gasteiger partial charge in [-0.2, -0.15) is 0 Å². The van der Waals surface area contributed by atoms with Gasteiger partial charge < -0.3 is 5.32 Å². The van der Waals surface area contributed by atoms with Crippen LogP contribution < -0.4 is 5.32 Å². The van der Waals surface area contributed by atoms with E-state index in [1.807, 2.05) is 43.4 Å². The fraction of sp³-hybridized carbons (Fsp3) is 0.133. The summed E-state index contributed by atoms with van der Waals surface area (Å²) in [4.78, 5) is 13.2. The summed E-state index contributed by atoms with van der Waals surface area (Å²) >= 11 is 1.68. The topological polar surface area (TPSA) is 50.7 Å². The highest BCUT2D eigenvalue weighted by Crippen LogP contribution is 2.26. The normalized spacial score (nSPS) is 10.7. The third-order valence-corrected chi connectivity index (χ3v) is 3.96. The van der Waals surface area contributed by atoms with Crippen LogP contribution in [0, 0.1) is 0 Å². The molecule has 0 radical (unpaired) electrons. The molecule has 0 unspecified atom stereocenters. The van der Waals surface area contributed by atoms with E-state index in [-0.39, 0.29) is 0 Å². The van der Waals surface area contributed by atoms with Crippen LogP contribution in [0.25, 0.3) is 10.9 Å². The highest BCUT2D eigenvalue weighted by atomic mass is 32.2. The second-order valence-electron chi connectivity index (χ2n) is 4.25. The molecule has 0 spiro atoms. The van der Waals surface area contributed by atoms with Crippen LogP contribution >= 0.6 is 11.8 Å². The van der Waals surface area contributed by atoms with Crippen molar-refractivity contribution in [1.29, 1.82) is 0 Å². The van der Waals surface area contributed by atoms with Crippen molar-refractivity contribution in [3.8, 4) is 0 Å². The van der Waals surface area contributed by atoms with Gasteiger partial charge in [0.05, 0.1) is 11.2 Å². The van der Waals surface area contributed by atoms with Gasteiger partial charge in [0, 0.05) is 18.2 Å². The number of para-hydroxylation sites is 1. The number of benzene rings is 1. The average Bonchev–Trinajstić information content (AvgIpc) is 2.53. The van der Waals surface area contributed by atoms with Crippen molar-refractivity contribution in [1.82, 2.24) is 15.0 Å². The highest BCUT2D eigenvalue weighted by Gasteiger charge is 2.05. The molecule has 2 aromatic heterocycles. The average molecular weight is 282 g/mol. The van der Waals surface area contributed by atoms with Gasteiger partial charge in [0.2, 0.25) is 0 Å². The van der Waals surface area contributed by atoms with Crippen LogP contribution in [0.5, 0.6) is 0 Å². The van der Waals surface area contributed by atoms with Crippen molar-refractivity contribution < 1.29 is 0 Å². The Labute approximate surface area is 121 Å². The number of hydrogen-bond donors (Lipinski definition) is 1. The summed E-state index contributed by atoms with van der Waals surface area (Å²) in [7, 11) is 1.87. The molecule has 5 heteroatoms. The SMILES string of the molecule is CNc1cccc(CSc2ncnc3ccccc23)n1. The van der Waals surface area contributed by atoms with Crippen molar-refractivity contribution >= 4 is 28.5 Å². The second kappa shape index (κ2) is 5.88. The van der Waals surface area contributed by atoms with Crippen LogP contribution in [-0.4, -0.2) is 22.0 Å².